The molecular formula is C17H21N3. The molecule has 2 N–H and O–H groups in total. The molecule has 0 aliphatic carbocycles. The first kappa shape index (κ1) is 13.1. The average Bonchev–Trinajstić information content (AvgIpc) is 2.69. The molecule has 1 aromatic carbocycles. The van der Waals surface area contributed by atoms with E-state index in [-0.39, 0.29) is 0 Å². The minimum Gasteiger partial charge on any atom is -0.341 e. The lowest BCUT2D eigenvalue weighted by molar-refractivity contribution is 0.759. The fourth-order valence-corrected chi connectivity index (χ4v) is 2.92. The van der Waals surface area contributed by atoms with Gasteiger partial charge in [-0.2, -0.15) is 0 Å². The Kier molecular flexibility index (Phi) is 3.70. The lowest BCUT2D eigenvalue weighted by atomic mass is 10.1. The third-order valence-corrected chi connectivity index (χ3v) is 3.97. The van der Waals surface area contributed by atoms with Crippen LogP contribution in [0.15, 0.2) is 36.5 Å². The van der Waals surface area contributed by atoms with Crippen molar-refractivity contribution in [3.05, 3.63) is 53.3 Å². The van der Waals surface area contributed by atoms with Crippen LogP contribution >= 0.6 is 0 Å². The molecule has 0 spiro atoms. The van der Waals surface area contributed by atoms with Crippen LogP contribution in [0.5, 0.6) is 0 Å². The van der Waals surface area contributed by atoms with Gasteiger partial charge in [-0.15, -0.1) is 0 Å². The van der Waals surface area contributed by atoms with Gasteiger partial charge in [-0.25, -0.2) is 0 Å². The Morgan fingerprint density at radius 3 is 2.90 bits per heavy atom. The molecule has 104 valence electrons. The summed E-state index contributed by atoms with van der Waals surface area (Å²) in [4.78, 5) is 6.79. The number of hydrogen-bond acceptors (Lipinski definition) is 3. The van der Waals surface area contributed by atoms with Crippen molar-refractivity contribution < 1.29 is 0 Å². The topological polar surface area (TPSA) is 42.1 Å². The first-order valence-electron chi connectivity index (χ1n) is 7.30. The van der Waals surface area contributed by atoms with Crippen molar-refractivity contribution in [1.29, 1.82) is 0 Å². The number of aryl methyl sites for hydroxylation is 2. The van der Waals surface area contributed by atoms with Gasteiger partial charge in [0.15, 0.2) is 0 Å². The Morgan fingerprint density at radius 2 is 2.05 bits per heavy atom. The Balaban J connectivity index is 2.12. The van der Waals surface area contributed by atoms with Crippen molar-refractivity contribution in [2.75, 3.05) is 11.4 Å². The van der Waals surface area contributed by atoms with Crippen LogP contribution < -0.4 is 10.6 Å². The second kappa shape index (κ2) is 5.63. The summed E-state index contributed by atoms with van der Waals surface area (Å²) in [6.07, 6.45) is 5.53. The second-order valence-corrected chi connectivity index (χ2v) is 5.40. The number of anilines is 2. The van der Waals surface area contributed by atoms with Crippen LogP contribution in [0.2, 0.25) is 0 Å². The molecule has 0 radical (unpaired) electrons. The summed E-state index contributed by atoms with van der Waals surface area (Å²) in [5.41, 5.74) is 12.0. The molecule has 0 fully saturated rings. The van der Waals surface area contributed by atoms with Crippen LogP contribution in [0.25, 0.3) is 0 Å². The third-order valence-electron chi connectivity index (χ3n) is 3.97. The molecule has 2 heterocycles. The maximum Gasteiger partial charge on any atom is 0.0490 e. The molecule has 0 bridgehead atoms. The SMILES string of the molecule is Cc1cc(N2CCCCc3ccccc32)c(CN)cn1. The number of nitrogens with zero attached hydrogens (tertiary/aromatic N) is 2. The third kappa shape index (κ3) is 2.41. The predicted octanol–water partition coefficient (Wildman–Crippen LogP) is 3.32. The van der Waals surface area contributed by atoms with Crippen molar-refractivity contribution >= 4 is 11.4 Å². The van der Waals surface area contributed by atoms with Crippen LogP contribution in [0.3, 0.4) is 0 Å². The van der Waals surface area contributed by atoms with Gasteiger partial charge in [-0.1, -0.05) is 18.2 Å². The molecule has 3 nitrogen and oxygen atoms in total. The smallest absolute Gasteiger partial charge is 0.0490 e. The highest BCUT2D eigenvalue weighted by atomic mass is 15.1. The maximum absolute atomic E-state index is 5.90. The highest BCUT2D eigenvalue weighted by molar-refractivity contribution is 5.69. The molecule has 2 aromatic rings. The van der Waals surface area contributed by atoms with Crippen LogP contribution in [-0.4, -0.2) is 11.5 Å². The quantitative estimate of drug-likeness (QED) is 0.907. The lowest BCUT2D eigenvalue weighted by Crippen LogP contribution is -2.20. The zero-order valence-corrected chi connectivity index (χ0v) is 12.0. The summed E-state index contributed by atoms with van der Waals surface area (Å²) in [5, 5.41) is 0. The first-order valence-corrected chi connectivity index (χ1v) is 7.30. The number of rotatable bonds is 2. The van der Waals surface area contributed by atoms with E-state index in [1.54, 1.807) is 0 Å². The van der Waals surface area contributed by atoms with Crippen LogP contribution in [0.1, 0.15) is 29.7 Å². The Bertz CT molecular complexity index is 607. The molecule has 3 rings (SSSR count). The van der Waals surface area contributed by atoms with Crippen LogP contribution in [-0.2, 0) is 13.0 Å². The molecule has 0 unspecified atom stereocenters. The van der Waals surface area contributed by atoms with Crippen LogP contribution in [0.4, 0.5) is 11.4 Å². The fourth-order valence-electron chi connectivity index (χ4n) is 2.92. The largest absolute Gasteiger partial charge is 0.341 e. The molecule has 0 amide bonds. The molecule has 1 aliphatic rings. The normalized spacial score (nSPS) is 14.8. The maximum atomic E-state index is 5.90. The average molecular weight is 267 g/mol. The molecule has 0 atom stereocenters. The van der Waals surface area contributed by atoms with Gasteiger partial charge in [0.25, 0.3) is 0 Å². The number of benzene rings is 1. The zero-order valence-electron chi connectivity index (χ0n) is 12.0. The van der Waals surface area contributed by atoms with Crippen molar-refractivity contribution in [2.24, 2.45) is 5.73 Å². The van der Waals surface area contributed by atoms with Gasteiger partial charge < -0.3 is 10.6 Å². The van der Waals surface area contributed by atoms with Gasteiger partial charge in [0.2, 0.25) is 0 Å². The van der Waals surface area contributed by atoms with E-state index in [9.17, 15) is 0 Å². The van der Waals surface area contributed by atoms with Gasteiger partial charge in [-0.05, 0) is 43.9 Å². The zero-order chi connectivity index (χ0) is 13.9. The molecule has 1 aromatic heterocycles. The van der Waals surface area contributed by atoms with Gasteiger partial charge in [0.1, 0.15) is 0 Å². The van der Waals surface area contributed by atoms with Crippen LogP contribution in [0, 0.1) is 6.92 Å². The minimum absolute atomic E-state index is 0.529. The van der Waals surface area contributed by atoms with Gasteiger partial charge >= 0.3 is 0 Å². The van der Waals surface area contributed by atoms with Crippen molar-refractivity contribution in [3.63, 3.8) is 0 Å². The summed E-state index contributed by atoms with van der Waals surface area (Å²) in [5.74, 6) is 0. The number of para-hydroxylation sites is 1. The van der Waals surface area contributed by atoms with E-state index in [0.717, 1.165) is 24.2 Å². The number of nitrogens with two attached hydrogens (primary N) is 1. The van der Waals surface area contributed by atoms with Gasteiger partial charge in [0, 0.05) is 41.9 Å². The Morgan fingerprint density at radius 1 is 1.20 bits per heavy atom. The van der Waals surface area contributed by atoms with Crippen molar-refractivity contribution in [2.45, 2.75) is 32.7 Å². The minimum atomic E-state index is 0.529. The molecule has 20 heavy (non-hydrogen) atoms. The van der Waals surface area contributed by atoms with E-state index in [1.807, 2.05) is 13.1 Å². The Labute approximate surface area is 120 Å². The fraction of sp³-hybridized carbons (Fsp3) is 0.353. The van der Waals surface area contributed by atoms with Crippen molar-refractivity contribution in [3.8, 4) is 0 Å². The van der Waals surface area contributed by atoms with Gasteiger partial charge in [0.05, 0.1) is 0 Å². The van der Waals surface area contributed by atoms with E-state index in [1.165, 1.54) is 29.8 Å². The van der Waals surface area contributed by atoms with E-state index >= 15 is 0 Å². The molecule has 0 saturated carbocycles. The predicted molar refractivity (Wildman–Crippen MR) is 83.3 cm³/mol. The molecule has 3 heteroatoms. The van der Waals surface area contributed by atoms with E-state index < -0.39 is 0 Å². The summed E-state index contributed by atoms with van der Waals surface area (Å²) in [6.45, 7) is 3.61. The number of hydrogen-bond donors (Lipinski definition) is 1. The Hall–Kier alpha value is -1.87. The lowest BCUT2D eigenvalue weighted by Gasteiger charge is -2.27. The molecule has 1 aliphatic heterocycles. The number of fused-ring (bicyclic) bond motifs is 1. The highest BCUT2D eigenvalue weighted by Gasteiger charge is 2.18. The van der Waals surface area contributed by atoms with Crippen molar-refractivity contribution in [1.82, 2.24) is 4.98 Å². The highest BCUT2D eigenvalue weighted by Crippen LogP contribution is 2.34. The van der Waals surface area contributed by atoms with E-state index in [4.69, 9.17) is 5.73 Å². The van der Waals surface area contributed by atoms with E-state index in [2.05, 4.69) is 40.2 Å². The van der Waals surface area contributed by atoms with Gasteiger partial charge in [-0.3, -0.25) is 4.98 Å². The second-order valence-electron chi connectivity index (χ2n) is 5.40. The standard InChI is InChI=1S/C17H21N3/c1-13-10-17(15(11-18)12-19-13)20-9-5-4-7-14-6-2-3-8-16(14)20/h2-3,6,8,10,12H,4-5,7,9,11,18H2,1H3. The number of aromatic nitrogens is 1. The summed E-state index contributed by atoms with van der Waals surface area (Å²) in [6, 6.07) is 10.9. The van der Waals surface area contributed by atoms with E-state index in [0.29, 0.717) is 6.54 Å². The summed E-state index contributed by atoms with van der Waals surface area (Å²) in [7, 11) is 0. The first-order chi connectivity index (χ1) is 9.79. The number of pyridine rings is 1. The monoisotopic (exact) mass is 267 g/mol. The molecular weight excluding hydrogens is 246 g/mol. The molecule has 0 saturated heterocycles. The summed E-state index contributed by atoms with van der Waals surface area (Å²) >= 11 is 0. The summed E-state index contributed by atoms with van der Waals surface area (Å²) < 4.78 is 0.